The Labute approximate surface area is 160 Å². The molecule has 2 aromatic rings. The Morgan fingerprint density at radius 3 is 2.54 bits per heavy atom. The number of para-hydroxylation sites is 1. The van der Waals surface area contributed by atoms with E-state index >= 15 is 0 Å². The highest BCUT2D eigenvalue weighted by molar-refractivity contribution is 5.96. The molecule has 0 amide bonds. The van der Waals surface area contributed by atoms with Gasteiger partial charge in [0.2, 0.25) is 6.10 Å². The maximum absolute atomic E-state index is 13.5. The van der Waals surface area contributed by atoms with E-state index in [1.54, 1.807) is 43.3 Å². The van der Waals surface area contributed by atoms with Gasteiger partial charge in [-0.1, -0.05) is 18.2 Å². The molecule has 0 spiro atoms. The Hall–Kier alpha value is -2.96. The van der Waals surface area contributed by atoms with Crippen molar-refractivity contribution in [1.82, 2.24) is 0 Å². The SMILES string of the molecule is CCOC(=O)C1=Cc2cc(C)cc(COc3ccccc3)c2OC1C(F)(F)F. The van der Waals surface area contributed by atoms with E-state index in [0.29, 0.717) is 16.9 Å². The summed E-state index contributed by atoms with van der Waals surface area (Å²) in [4.78, 5) is 12.1. The fourth-order valence-electron chi connectivity index (χ4n) is 2.96. The Balaban J connectivity index is 1.99. The van der Waals surface area contributed by atoms with Crippen molar-refractivity contribution in [3.63, 3.8) is 0 Å². The highest BCUT2D eigenvalue weighted by atomic mass is 19.4. The Kier molecular flexibility index (Phi) is 5.63. The van der Waals surface area contributed by atoms with E-state index in [-0.39, 0.29) is 19.0 Å². The fraction of sp³-hybridized carbons (Fsp3) is 0.286. The van der Waals surface area contributed by atoms with Crippen LogP contribution in [0.4, 0.5) is 13.2 Å². The minimum atomic E-state index is -4.77. The second kappa shape index (κ2) is 7.96. The van der Waals surface area contributed by atoms with E-state index in [1.165, 1.54) is 13.0 Å². The monoisotopic (exact) mass is 392 g/mol. The molecule has 0 aliphatic carbocycles. The lowest BCUT2D eigenvalue weighted by Gasteiger charge is -2.29. The molecule has 0 saturated heterocycles. The Bertz CT molecular complexity index is 889. The zero-order chi connectivity index (χ0) is 20.3. The zero-order valence-electron chi connectivity index (χ0n) is 15.4. The second-order valence-corrected chi connectivity index (χ2v) is 6.30. The minimum absolute atomic E-state index is 0.0290. The number of hydrogen-bond donors (Lipinski definition) is 0. The molecule has 4 nitrogen and oxygen atoms in total. The molecule has 0 aromatic heterocycles. The van der Waals surface area contributed by atoms with Gasteiger partial charge in [-0.3, -0.25) is 0 Å². The third kappa shape index (κ3) is 4.30. The van der Waals surface area contributed by atoms with Crippen molar-refractivity contribution >= 4 is 12.0 Å². The van der Waals surface area contributed by atoms with E-state index in [1.807, 2.05) is 6.07 Å². The summed E-state index contributed by atoms with van der Waals surface area (Å²) < 4.78 is 56.4. The molecule has 0 saturated carbocycles. The summed E-state index contributed by atoms with van der Waals surface area (Å²) in [6, 6.07) is 12.3. The highest BCUT2D eigenvalue weighted by Crippen LogP contribution is 2.40. The summed E-state index contributed by atoms with van der Waals surface area (Å²) in [5.41, 5.74) is 1.09. The van der Waals surface area contributed by atoms with Crippen molar-refractivity contribution in [3.05, 3.63) is 64.7 Å². The molecule has 148 valence electrons. The number of rotatable bonds is 5. The molecule has 0 N–H and O–H groups in total. The van der Waals surface area contributed by atoms with E-state index in [4.69, 9.17) is 14.2 Å². The predicted molar refractivity (Wildman–Crippen MR) is 97.0 cm³/mol. The summed E-state index contributed by atoms with van der Waals surface area (Å²) in [7, 11) is 0. The van der Waals surface area contributed by atoms with Gasteiger partial charge in [-0.2, -0.15) is 13.2 Å². The van der Waals surface area contributed by atoms with Crippen LogP contribution in [0.15, 0.2) is 48.0 Å². The quantitative estimate of drug-likeness (QED) is 0.683. The molecule has 1 atom stereocenters. The van der Waals surface area contributed by atoms with Gasteiger partial charge in [0.1, 0.15) is 18.1 Å². The summed E-state index contributed by atoms with van der Waals surface area (Å²) in [5, 5.41) is 0. The topological polar surface area (TPSA) is 44.8 Å². The number of carbonyl (C=O) groups excluding carboxylic acids is 1. The first-order chi connectivity index (χ1) is 13.3. The third-order valence-electron chi connectivity index (χ3n) is 4.11. The van der Waals surface area contributed by atoms with Crippen molar-refractivity contribution < 1.29 is 32.2 Å². The summed E-state index contributed by atoms with van der Waals surface area (Å²) in [5.74, 6) is -0.403. The van der Waals surface area contributed by atoms with Gasteiger partial charge in [0.15, 0.2) is 0 Å². The molecule has 1 heterocycles. The molecule has 0 fully saturated rings. The van der Waals surface area contributed by atoms with Gasteiger partial charge < -0.3 is 14.2 Å². The number of alkyl halides is 3. The lowest BCUT2D eigenvalue weighted by molar-refractivity contribution is -0.188. The number of esters is 1. The van der Waals surface area contributed by atoms with Crippen molar-refractivity contribution in [1.29, 1.82) is 0 Å². The smallest absolute Gasteiger partial charge is 0.430 e. The molecule has 1 aliphatic heterocycles. The molecule has 1 aliphatic rings. The van der Waals surface area contributed by atoms with Crippen LogP contribution >= 0.6 is 0 Å². The second-order valence-electron chi connectivity index (χ2n) is 6.30. The van der Waals surface area contributed by atoms with Gasteiger partial charge in [0, 0.05) is 11.1 Å². The number of carbonyl (C=O) groups is 1. The number of fused-ring (bicyclic) bond motifs is 1. The van der Waals surface area contributed by atoms with Crippen LogP contribution in [0.3, 0.4) is 0 Å². The molecular weight excluding hydrogens is 373 g/mol. The molecule has 0 radical (unpaired) electrons. The first kappa shape index (κ1) is 19.8. The lowest BCUT2D eigenvalue weighted by atomic mass is 9.97. The number of aryl methyl sites for hydroxylation is 1. The summed E-state index contributed by atoms with van der Waals surface area (Å²) >= 11 is 0. The average molecular weight is 392 g/mol. The molecular formula is C21H19F3O4. The number of benzene rings is 2. The standard InChI is InChI=1S/C21H19F3O4/c1-3-26-20(25)17-11-14-9-13(2)10-15(12-27-16-7-5-4-6-8-16)18(14)28-19(17)21(22,23)24/h4-11,19H,3,12H2,1-2H3. The minimum Gasteiger partial charge on any atom is -0.489 e. The van der Waals surface area contributed by atoms with Crippen molar-refractivity contribution in [3.8, 4) is 11.5 Å². The van der Waals surface area contributed by atoms with Crippen LogP contribution in [0.2, 0.25) is 0 Å². The first-order valence-electron chi connectivity index (χ1n) is 8.73. The van der Waals surface area contributed by atoms with E-state index in [2.05, 4.69) is 0 Å². The van der Waals surface area contributed by atoms with E-state index in [0.717, 1.165) is 5.56 Å². The summed E-state index contributed by atoms with van der Waals surface area (Å²) in [6.45, 7) is 3.33. The van der Waals surface area contributed by atoms with Gasteiger partial charge in [0.25, 0.3) is 0 Å². The van der Waals surface area contributed by atoms with Crippen molar-refractivity contribution in [2.24, 2.45) is 0 Å². The Morgan fingerprint density at radius 1 is 1.18 bits per heavy atom. The third-order valence-corrected chi connectivity index (χ3v) is 4.11. The van der Waals surface area contributed by atoms with Crippen molar-refractivity contribution in [2.45, 2.75) is 32.7 Å². The number of ether oxygens (including phenoxy) is 3. The average Bonchev–Trinajstić information content (AvgIpc) is 2.65. The normalized spacial score (nSPS) is 15.9. The fourth-order valence-corrected chi connectivity index (χ4v) is 2.96. The number of hydrogen-bond acceptors (Lipinski definition) is 4. The maximum atomic E-state index is 13.5. The molecule has 1 unspecified atom stereocenters. The van der Waals surface area contributed by atoms with Crippen LogP contribution in [0.1, 0.15) is 23.6 Å². The molecule has 3 rings (SSSR count). The van der Waals surface area contributed by atoms with Crippen molar-refractivity contribution in [2.75, 3.05) is 6.61 Å². The van der Waals surface area contributed by atoms with Crippen LogP contribution in [0.25, 0.3) is 6.08 Å². The largest absolute Gasteiger partial charge is 0.489 e. The molecule has 28 heavy (non-hydrogen) atoms. The molecule has 7 heteroatoms. The van der Waals surface area contributed by atoms with Gasteiger partial charge in [-0.05, 0) is 49.8 Å². The predicted octanol–water partition coefficient (Wildman–Crippen LogP) is 4.84. The van der Waals surface area contributed by atoms with Crippen LogP contribution in [0, 0.1) is 6.92 Å². The summed E-state index contributed by atoms with van der Waals surface area (Å²) in [6.07, 6.45) is -5.97. The van der Waals surface area contributed by atoms with Crippen LogP contribution in [0.5, 0.6) is 11.5 Å². The van der Waals surface area contributed by atoms with Crippen LogP contribution in [-0.4, -0.2) is 24.9 Å². The van der Waals surface area contributed by atoms with Crippen LogP contribution < -0.4 is 9.47 Å². The van der Waals surface area contributed by atoms with Gasteiger partial charge in [-0.25, -0.2) is 4.79 Å². The van der Waals surface area contributed by atoms with Gasteiger partial charge in [0.05, 0.1) is 12.2 Å². The molecule has 2 aromatic carbocycles. The van der Waals surface area contributed by atoms with Gasteiger partial charge in [-0.15, -0.1) is 0 Å². The van der Waals surface area contributed by atoms with E-state index in [9.17, 15) is 18.0 Å². The van der Waals surface area contributed by atoms with E-state index < -0.39 is 23.8 Å². The van der Waals surface area contributed by atoms with Crippen LogP contribution in [-0.2, 0) is 16.1 Å². The lowest BCUT2D eigenvalue weighted by Crippen LogP contribution is -2.41. The first-order valence-corrected chi connectivity index (χ1v) is 8.73. The highest BCUT2D eigenvalue weighted by Gasteiger charge is 2.49. The zero-order valence-corrected chi connectivity index (χ0v) is 15.4. The Morgan fingerprint density at radius 2 is 1.89 bits per heavy atom. The molecule has 0 bridgehead atoms. The number of halogens is 3. The maximum Gasteiger partial charge on any atom is 0.430 e. The van der Waals surface area contributed by atoms with Gasteiger partial charge >= 0.3 is 12.1 Å².